The summed E-state index contributed by atoms with van der Waals surface area (Å²) in [6, 6.07) is 4.39. The van der Waals surface area contributed by atoms with Crippen LogP contribution in [0.4, 0.5) is 14.5 Å². The molecule has 1 aromatic rings. The van der Waals surface area contributed by atoms with E-state index in [1.54, 1.807) is 0 Å². The smallest absolute Gasteiger partial charge is 0.272 e. The Kier molecular flexibility index (Phi) is 3.31. The first-order valence-electron chi connectivity index (χ1n) is 3.55. The van der Waals surface area contributed by atoms with Crippen molar-refractivity contribution in [3.63, 3.8) is 0 Å². The Morgan fingerprint density at radius 1 is 1.46 bits per heavy atom. The fraction of sp³-hybridized carbons (Fsp3) is 0.250. The number of halogens is 3. The Hall–Kier alpha value is -1.03. The average molecular weight is 208 g/mol. The Morgan fingerprint density at radius 2 is 2.15 bits per heavy atom. The van der Waals surface area contributed by atoms with Crippen molar-refractivity contribution in [2.45, 2.75) is 6.43 Å². The summed E-state index contributed by atoms with van der Waals surface area (Å²) in [5.41, 5.74) is 5.74. The highest BCUT2D eigenvalue weighted by Crippen LogP contribution is 2.23. The molecule has 0 saturated heterocycles. The molecular formula is C8H8ClF2NO. The minimum Gasteiger partial charge on any atom is -0.488 e. The molecule has 0 amide bonds. The zero-order chi connectivity index (χ0) is 9.84. The second kappa shape index (κ2) is 4.28. The van der Waals surface area contributed by atoms with Crippen molar-refractivity contribution >= 4 is 17.3 Å². The molecular weight excluding hydrogens is 200 g/mol. The number of rotatable bonds is 3. The van der Waals surface area contributed by atoms with Crippen LogP contribution in [0.25, 0.3) is 0 Å². The third-order valence-electron chi connectivity index (χ3n) is 1.34. The SMILES string of the molecule is Nc1cc(OCC(F)F)ccc1Cl. The number of ether oxygens (including phenoxy) is 1. The molecule has 0 fully saturated rings. The van der Waals surface area contributed by atoms with E-state index in [-0.39, 0.29) is 0 Å². The lowest BCUT2D eigenvalue weighted by Gasteiger charge is -2.06. The van der Waals surface area contributed by atoms with Crippen LogP contribution in [0.15, 0.2) is 18.2 Å². The number of hydrogen-bond donors (Lipinski definition) is 1. The molecule has 2 nitrogen and oxygen atoms in total. The summed E-state index contributed by atoms with van der Waals surface area (Å²) < 4.78 is 28.2. The molecule has 0 aliphatic carbocycles. The van der Waals surface area contributed by atoms with Crippen molar-refractivity contribution in [2.24, 2.45) is 0 Å². The van der Waals surface area contributed by atoms with Gasteiger partial charge < -0.3 is 10.5 Å². The maximum Gasteiger partial charge on any atom is 0.272 e. The highest BCUT2D eigenvalue weighted by atomic mass is 35.5. The van der Waals surface area contributed by atoms with E-state index >= 15 is 0 Å². The molecule has 0 aromatic heterocycles. The fourth-order valence-corrected chi connectivity index (χ4v) is 0.888. The Balaban J connectivity index is 2.63. The summed E-state index contributed by atoms with van der Waals surface area (Å²) in [5.74, 6) is 0.294. The van der Waals surface area contributed by atoms with E-state index in [4.69, 9.17) is 22.1 Å². The number of anilines is 1. The lowest BCUT2D eigenvalue weighted by Crippen LogP contribution is -2.07. The molecule has 0 bridgehead atoms. The van der Waals surface area contributed by atoms with E-state index in [1.807, 2.05) is 0 Å². The van der Waals surface area contributed by atoms with E-state index in [9.17, 15) is 8.78 Å². The number of nitrogen functional groups attached to an aromatic ring is 1. The van der Waals surface area contributed by atoms with Crippen LogP contribution in [0.5, 0.6) is 5.75 Å². The third kappa shape index (κ3) is 3.06. The lowest BCUT2D eigenvalue weighted by molar-refractivity contribution is 0.0819. The highest BCUT2D eigenvalue weighted by molar-refractivity contribution is 6.33. The Labute approximate surface area is 79.2 Å². The minimum absolute atomic E-state index is 0.294. The molecule has 0 radical (unpaired) electrons. The summed E-state index contributed by atoms with van der Waals surface area (Å²) in [6.07, 6.45) is -2.49. The molecule has 0 saturated carbocycles. The van der Waals surface area contributed by atoms with Gasteiger partial charge in [-0.05, 0) is 12.1 Å². The standard InChI is InChI=1S/C8H8ClF2NO/c9-6-2-1-5(3-7(6)12)13-4-8(10)11/h1-3,8H,4,12H2. The van der Waals surface area contributed by atoms with Crippen LogP contribution in [0.2, 0.25) is 5.02 Å². The summed E-state index contributed by atoms with van der Waals surface area (Å²) in [4.78, 5) is 0. The molecule has 72 valence electrons. The van der Waals surface area contributed by atoms with Gasteiger partial charge in [0.1, 0.15) is 12.4 Å². The second-order valence-electron chi connectivity index (χ2n) is 2.39. The van der Waals surface area contributed by atoms with Crippen LogP contribution < -0.4 is 10.5 Å². The van der Waals surface area contributed by atoms with Gasteiger partial charge in [0.05, 0.1) is 10.7 Å². The monoisotopic (exact) mass is 207 g/mol. The topological polar surface area (TPSA) is 35.2 Å². The Bertz CT molecular complexity index is 293. The molecule has 1 rings (SSSR count). The summed E-state index contributed by atoms with van der Waals surface area (Å²) in [6.45, 7) is -0.638. The van der Waals surface area contributed by atoms with Gasteiger partial charge in [-0.3, -0.25) is 0 Å². The van der Waals surface area contributed by atoms with Gasteiger partial charge in [0, 0.05) is 6.07 Å². The third-order valence-corrected chi connectivity index (χ3v) is 1.69. The zero-order valence-electron chi connectivity index (χ0n) is 6.64. The fourth-order valence-electron chi connectivity index (χ4n) is 0.771. The average Bonchev–Trinajstić information content (AvgIpc) is 2.07. The molecule has 0 aliphatic heterocycles. The van der Waals surface area contributed by atoms with Gasteiger partial charge in [-0.15, -0.1) is 0 Å². The second-order valence-corrected chi connectivity index (χ2v) is 2.79. The predicted molar refractivity (Wildman–Crippen MR) is 47.4 cm³/mol. The van der Waals surface area contributed by atoms with Gasteiger partial charge in [-0.1, -0.05) is 11.6 Å². The summed E-state index contributed by atoms with van der Waals surface area (Å²) >= 11 is 5.61. The molecule has 2 N–H and O–H groups in total. The number of benzene rings is 1. The van der Waals surface area contributed by atoms with E-state index in [0.29, 0.717) is 16.5 Å². The minimum atomic E-state index is -2.49. The van der Waals surface area contributed by atoms with E-state index in [1.165, 1.54) is 18.2 Å². The van der Waals surface area contributed by atoms with Crippen LogP contribution >= 0.6 is 11.6 Å². The molecule has 5 heteroatoms. The van der Waals surface area contributed by atoms with Crippen molar-refractivity contribution in [1.29, 1.82) is 0 Å². The predicted octanol–water partition coefficient (Wildman–Crippen LogP) is 2.57. The highest BCUT2D eigenvalue weighted by Gasteiger charge is 2.04. The van der Waals surface area contributed by atoms with Crippen LogP contribution in [-0.2, 0) is 0 Å². The van der Waals surface area contributed by atoms with E-state index < -0.39 is 13.0 Å². The van der Waals surface area contributed by atoms with E-state index in [0.717, 1.165) is 0 Å². The van der Waals surface area contributed by atoms with Gasteiger partial charge in [0.25, 0.3) is 6.43 Å². The lowest BCUT2D eigenvalue weighted by atomic mass is 10.3. The van der Waals surface area contributed by atoms with Crippen LogP contribution in [-0.4, -0.2) is 13.0 Å². The summed E-state index contributed by atoms with van der Waals surface area (Å²) in [5, 5.41) is 0.379. The van der Waals surface area contributed by atoms with Crippen molar-refractivity contribution in [3.8, 4) is 5.75 Å². The molecule has 0 heterocycles. The first-order chi connectivity index (χ1) is 6.09. The van der Waals surface area contributed by atoms with Gasteiger partial charge >= 0.3 is 0 Å². The van der Waals surface area contributed by atoms with Gasteiger partial charge in [-0.2, -0.15) is 0 Å². The molecule has 0 spiro atoms. The number of nitrogens with two attached hydrogens (primary N) is 1. The van der Waals surface area contributed by atoms with Crippen LogP contribution in [0.3, 0.4) is 0 Å². The van der Waals surface area contributed by atoms with Crippen LogP contribution in [0.1, 0.15) is 0 Å². The van der Waals surface area contributed by atoms with Crippen molar-refractivity contribution < 1.29 is 13.5 Å². The maximum atomic E-state index is 11.7. The molecule has 0 atom stereocenters. The van der Waals surface area contributed by atoms with E-state index in [2.05, 4.69) is 0 Å². The molecule has 0 unspecified atom stereocenters. The Morgan fingerprint density at radius 3 is 2.69 bits per heavy atom. The maximum absolute atomic E-state index is 11.7. The molecule has 13 heavy (non-hydrogen) atoms. The quantitative estimate of drug-likeness (QED) is 0.774. The van der Waals surface area contributed by atoms with Gasteiger partial charge in [0.15, 0.2) is 0 Å². The normalized spacial score (nSPS) is 10.5. The first-order valence-corrected chi connectivity index (χ1v) is 3.93. The summed E-state index contributed by atoms with van der Waals surface area (Å²) in [7, 11) is 0. The van der Waals surface area contributed by atoms with Crippen molar-refractivity contribution in [3.05, 3.63) is 23.2 Å². The molecule has 0 aliphatic rings. The molecule has 1 aromatic carbocycles. The number of hydrogen-bond acceptors (Lipinski definition) is 2. The van der Waals surface area contributed by atoms with Gasteiger partial charge in [0.2, 0.25) is 0 Å². The van der Waals surface area contributed by atoms with Gasteiger partial charge in [-0.25, -0.2) is 8.78 Å². The largest absolute Gasteiger partial charge is 0.488 e. The zero-order valence-corrected chi connectivity index (χ0v) is 7.39. The van der Waals surface area contributed by atoms with Crippen molar-refractivity contribution in [1.82, 2.24) is 0 Å². The van der Waals surface area contributed by atoms with Crippen molar-refractivity contribution in [2.75, 3.05) is 12.3 Å². The first kappa shape index (κ1) is 10.1. The number of alkyl halides is 2. The van der Waals surface area contributed by atoms with Crippen LogP contribution in [0, 0.1) is 0 Å².